The topological polar surface area (TPSA) is 50.7 Å². The molecule has 0 aliphatic heterocycles. The predicted octanol–water partition coefficient (Wildman–Crippen LogP) is 1.39. The van der Waals surface area contributed by atoms with E-state index in [1.165, 1.54) is 4.68 Å². The Kier molecular flexibility index (Phi) is 2.19. The number of nitrogens with zero attached hydrogens (tertiary/aromatic N) is 2. The number of H-pyrrole nitrogens is 1. The monoisotopic (exact) mass is 203 g/mol. The molecule has 0 unspecified atom stereocenters. The molecule has 0 aliphatic rings. The SMILES string of the molecule is Cc1cc(C)nc(-c2c[nH]n(C)c2=O)c1. The van der Waals surface area contributed by atoms with Gasteiger partial charge in [-0.1, -0.05) is 0 Å². The highest BCUT2D eigenvalue weighted by molar-refractivity contribution is 5.57. The third-order valence-corrected chi connectivity index (χ3v) is 2.31. The molecule has 0 spiro atoms. The zero-order valence-corrected chi connectivity index (χ0v) is 9.03. The van der Waals surface area contributed by atoms with Crippen LogP contribution >= 0.6 is 0 Å². The van der Waals surface area contributed by atoms with Crippen LogP contribution in [0.1, 0.15) is 11.3 Å². The minimum absolute atomic E-state index is 0.0486. The quantitative estimate of drug-likeness (QED) is 0.761. The minimum Gasteiger partial charge on any atom is -0.302 e. The second kappa shape index (κ2) is 3.38. The molecule has 2 rings (SSSR count). The van der Waals surface area contributed by atoms with E-state index in [0.29, 0.717) is 5.56 Å². The zero-order valence-electron chi connectivity index (χ0n) is 9.03. The molecule has 0 aliphatic carbocycles. The highest BCUT2D eigenvalue weighted by Gasteiger charge is 2.08. The first-order chi connectivity index (χ1) is 7.08. The number of aryl methyl sites for hydroxylation is 3. The lowest BCUT2D eigenvalue weighted by Gasteiger charge is -2.00. The Balaban J connectivity index is 2.64. The van der Waals surface area contributed by atoms with E-state index in [1.807, 2.05) is 26.0 Å². The molecule has 0 atom stereocenters. The highest BCUT2D eigenvalue weighted by atomic mass is 16.1. The second-order valence-electron chi connectivity index (χ2n) is 3.72. The lowest BCUT2D eigenvalue weighted by Crippen LogP contribution is -2.13. The Morgan fingerprint density at radius 1 is 1.33 bits per heavy atom. The van der Waals surface area contributed by atoms with E-state index in [9.17, 15) is 4.79 Å². The van der Waals surface area contributed by atoms with Crippen LogP contribution in [-0.2, 0) is 7.05 Å². The summed E-state index contributed by atoms with van der Waals surface area (Å²) in [6.45, 7) is 3.92. The van der Waals surface area contributed by atoms with Crippen molar-refractivity contribution in [1.82, 2.24) is 14.8 Å². The second-order valence-corrected chi connectivity index (χ2v) is 3.72. The molecule has 2 aromatic rings. The van der Waals surface area contributed by atoms with Gasteiger partial charge in [0.1, 0.15) is 0 Å². The first kappa shape index (κ1) is 9.71. The van der Waals surface area contributed by atoms with Gasteiger partial charge in [0, 0.05) is 18.9 Å². The Bertz CT molecular complexity index is 531. The average Bonchev–Trinajstić information content (AvgIpc) is 2.46. The van der Waals surface area contributed by atoms with Crippen LogP contribution in [0, 0.1) is 13.8 Å². The van der Waals surface area contributed by atoms with Gasteiger partial charge in [-0.05, 0) is 31.5 Å². The maximum Gasteiger partial charge on any atom is 0.275 e. The van der Waals surface area contributed by atoms with Gasteiger partial charge in [0.15, 0.2) is 0 Å². The summed E-state index contributed by atoms with van der Waals surface area (Å²) < 4.78 is 1.44. The molecule has 1 N–H and O–H groups in total. The first-order valence-corrected chi connectivity index (χ1v) is 4.78. The van der Waals surface area contributed by atoms with Gasteiger partial charge in [0.2, 0.25) is 0 Å². The minimum atomic E-state index is -0.0486. The van der Waals surface area contributed by atoms with Crippen LogP contribution in [-0.4, -0.2) is 14.8 Å². The van der Waals surface area contributed by atoms with Crippen molar-refractivity contribution in [1.29, 1.82) is 0 Å². The zero-order chi connectivity index (χ0) is 11.0. The van der Waals surface area contributed by atoms with Crippen molar-refractivity contribution >= 4 is 0 Å². The van der Waals surface area contributed by atoms with E-state index in [1.54, 1.807) is 13.2 Å². The summed E-state index contributed by atoms with van der Waals surface area (Å²) >= 11 is 0. The summed E-state index contributed by atoms with van der Waals surface area (Å²) in [6.07, 6.45) is 1.68. The molecule has 0 radical (unpaired) electrons. The molecule has 15 heavy (non-hydrogen) atoms. The standard InChI is InChI=1S/C11H13N3O/c1-7-4-8(2)13-10(5-7)9-6-12-14(3)11(9)15/h4-6,12H,1-3H3. The van der Waals surface area contributed by atoms with Gasteiger partial charge in [0.25, 0.3) is 5.56 Å². The third-order valence-electron chi connectivity index (χ3n) is 2.31. The predicted molar refractivity (Wildman–Crippen MR) is 58.7 cm³/mol. The largest absolute Gasteiger partial charge is 0.302 e. The number of pyridine rings is 1. The molecular formula is C11H13N3O. The van der Waals surface area contributed by atoms with Crippen molar-refractivity contribution in [3.05, 3.63) is 39.9 Å². The van der Waals surface area contributed by atoms with Crippen LogP contribution in [0.5, 0.6) is 0 Å². The normalized spacial score (nSPS) is 10.6. The Labute approximate surface area is 87.6 Å². The smallest absolute Gasteiger partial charge is 0.275 e. The highest BCUT2D eigenvalue weighted by Crippen LogP contribution is 2.14. The summed E-state index contributed by atoms with van der Waals surface area (Å²) in [6, 6.07) is 3.90. The third kappa shape index (κ3) is 1.70. The molecule has 0 saturated carbocycles. The molecule has 0 fully saturated rings. The number of rotatable bonds is 1. The van der Waals surface area contributed by atoms with Gasteiger partial charge in [-0.15, -0.1) is 0 Å². The van der Waals surface area contributed by atoms with Crippen LogP contribution in [0.3, 0.4) is 0 Å². The van der Waals surface area contributed by atoms with Gasteiger partial charge in [-0.25, -0.2) is 0 Å². The van der Waals surface area contributed by atoms with E-state index in [-0.39, 0.29) is 5.56 Å². The molecule has 4 heteroatoms. The summed E-state index contributed by atoms with van der Waals surface area (Å²) in [5.74, 6) is 0. The van der Waals surface area contributed by atoms with Crippen molar-refractivity contribution in [2.75, 3.05) is 0 Å². The number of hydrogen-bond donors (Lipinski definition) is 1. The average molecular weight is 203 g/mol. The van der Waals surface area contributed by atoms with Gasteiger partial charge in [0.05, 0.1) is 11.3 Å². The van der Waals surface area contributed by atoms with E-state index in [0.717, 1.165) is 17.0 Å². The first-order valence-electron chi connectivity index (χ1n) is 4.78. The van der Waals surface area contributed by atoms with Crippen LogP contribution < -0.4 is 5.56 Å². The summed E-state index contributed by atoms with van der Waals surface area (Å²) in [5.41, 5.74) is 3.33. The number of aromatic amines is 1. The van der Waals surface area contributed by atoms with Crippen molar-refractivity contribution in [2.24, 2.45) is 7.05 Å². The van der Waals surface area contributed by atoms with Gasteiger partial charge >= 0.3 is 0 Å². The lowest BCUT2D eigenvalue weighted by molar-refractivity contribution is 0.740. The molecule has 0 bridgehead atoms. The van der Waals surface area contributed by atoms with E-state index >= 15 is 0 Å². The van der Waals surface area contributed by atoms with Crippen molar-refractivity contribution in [3.63, 3.8) is 0 Å². The Morgan fingerprint density at radius 3 is 2.60 bits per heavy atom. The number of aromatic nitrogens is 3. The van der Waals surface area contributed by atoms with Gasteiger partial charge < -0.3 is 5.10 Å². The molecule has 2 heterocycles. The number of hydrogen-bond acceptors (Lipinski definition) is 2. The Hall–Kier alpha value is -1.84. The molecule has 0 amide bonds. The van der Waals surface area contributed by atoms with E-state index in [4.69, 9.17) is 0 Å². The lowest BCUT2D eigenvalue weighted by atomic mass is 10.1. The fourth-order valence-corrected chi connectivity index (χ4v) is 1.63. The fourth-order valence-electron chi connectivity index (χ4n) is 1.63. The van der Waals surface area contributed by atoms with Gasteiger partial charge in [-0.2, -0.15) is 0 Å². The fraction of sp³-hybridized carbons (Fsp3) is 0.273. The Morgan fingerprint density at radius 2 is 2.07 bits per heavy atom. The van der Waals surface area contributed by atoms with Crippen molar-refractivity contribution in [3.8, 4) is 11.3 Å². The molecule has 4 nitrogen and oxygen atoms in total. The van der Waals surface area contributed by atoms with Crippen molar-refractivity contribution in [2.45, 2.75) is 13.8 Å². The molecule has 0 aromatic carbocycles. The molecule has 78 valence electrons. The summed E-state index contributed by atoms with van der Waals surface area (Å²) in [5, 5.41) is 2.84. The van der Waals surface area contributed by atoms with Gasteiger partial charge in [-0.3, -0.25) is 14.5 Å². The molecular weight excluding hydrogens is 190 g/mol. The maximum absolute atomic E-state index is 11.7. The summed E-state index contributed by atoms with van der Waals surface area (Å²) in [7, 11) is 1.69. The van der Waals surface area contributed by atoms with Crippen LogP contribution in [0.25, 0.3) is 11.3 Å². The van der Waals surface area contributed by atoms with Crippen molar-refractivity contribution < 1.29 is 0 Å². The maximum atomic E-state index is 11.7. The molecule has 2 aromatic heterocycles. The summed E-state index contributed by atoms with van der Waals surface area (Å²) in [4.78, 5) is 16.0. The van der Waals surface area contributed by atoms with Crippen LogP contribution in [0.15, 0.2) is 23.1 Å². The van der Waals surface area contributed by atoms with E-state index in [2.05, 4.69) is 10.1 Å². The van der Waals surface area contributed by atoms with Crippen LogP contribution in [0.4, 0.5) is 0 Å². The van der Waals surface area contributed by atoms with E-state index < -0.39 is 0 Å². The number of nitrogens with one attached hydrogen (secondary N) is 1. The molecule has 0 saturated heterocycles. The van der Waals surface area contributed by atoms with Crippen LogP contribution in [0.2, 0.25) is 0 Å².